The van der Waals surface area contributed by atoms with Crippen LogP contribution in [-0.4, -0.2) is 53.9 Å². The van der Waals surface area contributed by atoms with Crippen molar-refractivity contribution in [1.29, 1.82) is 0 Å². The van der Waals surface area contributed by atoms with Crippen LogP contribution in [0.3, 0.4) is 0 Å². The summed E-state index contributed by atoms with van der Waals surface area (Å²) in [5.41, 5.74) is 1.75. The number of fused-ring (bicyclic) bond motifs is 1. The van der Waals surface area contributed by atoms with E-state index in [9.17, 15) is 8.42 Å². The van der Waals surface area contributed by atoms with E-state index in [0.717, 1.165) is 36.5 Å². The molecule has 0 radical (unpaired) electrons. The van der Waals surface area contributed by atoms with Gasteiger partial charge in [0.05, 0.1) is 22.5 Å². The highest BCUT2D eigenvalue weighted by Gasteiger charge is 2.22. The molecule has 2 heterocycles. The number of benzene rings is 1. The highest BCUT2D eigenvalue weighted by molar-refractivity contribution is 7.89. The summed E-state index contributed by atoms with van der Waals surface area (Å²) in [5.74, 6) is 1.02. The minimum Gasteiger partial charge on any atom is -0.327 e. The van der Waals surface area contributed by atoms with Crippen LogP contribution in [0.25, 0.3) is 11.0 Å². The van der Waals surface area contributed by atoms with E-state index in [-0.39, 0.29) is 0 Å². The molecule has 25 heavy (non-hydrogen) atoms. The van der Waals surface area contributed by atoms with E-state index in [1.165, 1.54) is 23.6 Å². The fourth-order valence-corrected chi connectivity index (χ4v) is 4.50. The minimum absolute atomic E-state index is 0.295. The van der Waals surface area contributed by atoms with Gasteiger partial charge in [-0.3, -0.25) is 4.90 Å². The summed E-state index contributed by atoms with van der Waals surface area (Å²) in [7, 11) is -0.343. The maximum absolute atomic E-state index is 12.4. The maximum atomic E-state index is 12.4. The molecule has 1 unspecified atom stereocenters. The van der Waals surface area contributed by atoms with Gasteiger partial charge in [-0.15, -0.1) is 0 Å². The Bertz CT molecular complexity index is 857. The predicted molar refractivity (Wildman–Crippen MR) is 100 cm³/mol. The first-order valence-electron chi connectivity index (χ1n) is 9.00. The number of sulfonamides is 1. The molecule has 1 saturated heterocycles. The van der Waals surface area contributed by atoms with E-state index >= 15 is 0 Å². The molecule has 0 saturated carbocycles. The lowest BCUT2D eigenvalue weighted by molar-refractivity contribution is 0.147. The lowest BCUT2D eigenvalue weighted by atomic mass is 10.0. The Kier molecular flexibility index (Phi) is 5.18. The lowest BCUT2D eigenvalue weighted by Gasteiger charge is -2.33. The third kappa shape index (κ3) is 3.45. The Hall–Kier alpha value is -1.44. The molecule has 1 aromatic carbocycles. The van der Waals surface area contributed by atoms with Crippen LogP contribution in [0.2, 0.25) is 0 Å². The number of aryl methyl sites for hydroxylation is 1. The van der Waals surface area contributed by atoms with Crippen LogP contribution in [-0.2, 0) is 23.1 Å². The molecular weight excluding hydrogens is 336 g/mol. The molecule has 0 bridgehead atoms. The van der Waals surface area contributed by atoms with E-state index < -0.39 is 10.0 Å². The van der Waals surface area contributed by atoms with Gasteiger partial charge < -0.3 is 4.57 Å². The fraction of sp³-hybridized carbons (Fsp3) is 0.611. The second-order valence-corrected chi connectivity index (χ2v) is 9.18. The van der Waals surface area contributed by atoms with Gasteiger partial charge >= 0.3 is 0 Å². The molecule has 0 spiro atoms. The van der Waals surface area contributed by atoms with Crippen molar-refractivity contribution in [3.05, 3.63) is 24.0 Å². The highest BCUT2D eigenvalue weighted by Crippen LogP contribution is 2.24. The fourth-order valence-electron chi connectivity index (χ4n) is 3.58. The minimum atomic E-state index is -3.44. The summed E-state index contributed by atoms with van der Waals surface area (Å²) in [6.07, 6.45) is 3.77. The van der Waals surface area contributed by atoms with Gasteiger partial charge in [0, 0.05) is 26.7 Å². The topological polar surface area (TPSA) is 58.4 Å². The lowest BCUT2D eigenvalue weighted by Crippen LogP contribution is -2.37. The van der Waals surface area contributed by atoms with Crippen molar-refractivity contribution in [2.24, 2.45) is 0 Å². The van der Waals surface area contributed by atoms with Crippen molar-refractivity contribution in [3.63, 3.8) is 0 Å². The third-order valence-corrected chi connectivity index (χ3v) is 6.99. The van der Waals surface area contributed by atoms with Gasteiger partial charge in [-0.25, -0.2) is 17.7 Å². The van der Waals surface area contributed by atoms with Gasteiger partial charge in [0.1, 0.15) is 5.82 Å². The molecule has 3 rings (SSSR count). The standard InChI is InChI=1S/C18H28N4O2S/c1-5-22-17-10-9-15(25(23,24)20(3)4)12-16(17)19-18(22)13-21-11-7-6-8-14(21)2/h9-10,12,14H,5-8,11,13H2,1-4H3. The average molecular weight is 365 g/mol. The summed E-state index contributed by atoms with van der Waals surface area (Å²) >= 11 is 0. The van der Waals surface area contributed by atoms with E-state index in [2.05, 4.69) is 23.3 Å². The third-order valence-electron chi connectivity index (χ3n) is 5.18. The summed E-state index contributed by atoms with van der Waals surface area (Å²) < 4.78 is 28.2. The molecule has 7 heteroatoms. The zero-order valence-electron chi connectivity index (χ0n) is 15.6. The van der Waals surface area contributed by atoms with Gasteiger partial charge in [-0.05, 0) is 51.4 Å². The molecule has 6 nitrogen and oxygen atoms in total. The summed E-state index contributed by atoms with van der Waals surface area (Å²) in [6, 6.07) is 5.83. The molecule has 138 valence electrons. The number of nitrogens with zero attached hydrogens (tertiary/aromatic N) is 4. The molecule has 0 amide bonds. The maximum Gasteiger partial charge on any atom is 0.242 e. The smallest absolute Gasteiger partial charge is 0.242 e. The van der Waals surface area contributed by atoms with Crippen molar-refractivity contribution in [2.75, 3.05) is 20.6 Å². The molecule has 1 atom stereocenters. The van der Waals surface area contributed by atoms with Crippen molar-refractivity contribution >= 4 is 21.1 Å². The Morgan fingerprint density at radius 2 is 2.04 bits per heavy atom. The molecule has 1 aliphatic heterocycles. The monoisotopic (exact) mass is 364 g/mol. The summed E-state index contributed by atoms with van der Waals surface area (Å²) in [4.78, 5) is 7.56. The van der Waals surface area contributed by atoms with E-state index in [1.54, 1.807) is 26.2 Å². The van der Waals surface area contributed by atoms with Crippen molar-refractivity contribution in [3.8, 4) is 0 Å². The number of hydrogen-bond donors (Lipinski definition) is 0. The molecule has 0 N–H and O–H groups in total. The average Bonchev–Trinajstić information content (AvgIpc) is 2.92. The number of aromatic nitrogens is 2. The second-order valence-electron chi connectivity index (χ2n) is 7.03. The van der Waals surface area contributed by atoms with Gasteiger partial charge in [-0.1, -0.05) is 6.42 Å². The van der Waals surface area contributed by atoms with Crippen LogP contribution in [0, 0.1) is 0 Å². The Morgan fingerprint density at radius 1 is 1.28 bits per heavy atom. The van der Waals surface area contributed by atoms with Crippen LogP contribution in [0.5, 0.6) is 0 Å². The Balaban J connectivity index is 1.99. The summed E-state index contributed by atoms with van der Waals surface area (Å²) in [6.45, 7) is 7.14. The Morgan fingerprint density at radius 3 is 2.68 bits per heavy atom. The van der Waals surface area contributed by atoms with E-state index in [4.69, 9.17) is 4.98 Å². The number of piperidine rings is 1. The van der Waals surface area contributed by atoms with Crippen LogP contribution in [0.4, 0.5) is 0 Å². The van der Waals surface area contributed by atoms with Crippen LogP contribution in [0.1, 0.15) is 38.9 Å². The zero-order chi connectivity index (χ0) is 18.2. The first-order valence-corrected chi connectivity index (χ1v) is 10.4. The largest absolute Gasteiger partial charge is 0.327 e. The predicted octanol–water partition coefficient (Wildman–Crippen LogP) is 2.68. The number of imidazole rings is 1. The first-order chi connectivity index (χ1) is 11.8. The van der Waals surface area contributed by atoms with Crippen molar-refractivity contribution in [1.82, 2.24) is 18.8 Å². The zero-order valence-corrected chi connectivity index (χ0v) is 16.4. The quantitative estimate of drug-likeness (QED) is 0.818. The summed E-state index contributed by atoms with van der Waals surface area (Å²) in [5, 5.41) is 0. The normalized spacial score (nSPS) is 19.8. The Labute approximate surface area is 150 Å². The molecule has 1 fully saturated rings. The van der Waals surface area contributed by atoms with Crippen LogP contribution < -0.4 is 0 Å². The number of rotatable bonds is 5. The molecule has 0 aliphatic carbocycles. The second kappa shape index (κ2) is 7.05. The first kappa shape index (κ1) is 18.4. The van der Waals surface area contributed by atoms with Gasteiger partial charge in [-0.2, -0.15) is 0 Å². The number of likely N-dealkylation sites (tertiary alicyclic amines) is 1. The van der Waals surface area contributed by atoms with E-state index in [0.29, 0.717) is 10.9 Å². The van der Waals surface area contributed by atoms with E-state index in [1.807, 2.05) is 6.07 Å². The number of hydrogen-bond acceptors (Lipinski definition) is 4. The molecular formula is C18H28N4O2S. The van der Waals surface area contributed by atoms with Gasteiger partial charge in [0.15, 0.2) is 0 Å². The highest BCUT2D eigenvalue weighted by atomic mass is 32.2. The van der Waals surface area contributed by atoms with Crippen molar-refractivity contribution in [2.45, 2.75) is 57.1 Å². The van der Waals surface area contributed by atoms with Crippen molar-refractivity contribution < 1.29 is 8.42 Å². The molecule has 1 aliphatic rings. The van der Waals surface area contributed by atoms with Gasteiger partial charge in [0.25, 0.3) is 0 Å². The van der Waals surface area contributed by atoms with Gasteiger partial charge in [0.2, 0.25) is 10.0 Å². The van der Waals surface area contributed by atoms with Crippen LogP contribution in [0.15, 0.2) is 23.1 Å². The molecule has 1 aromatic heterocycles. The molecule has 2 aromatic rings. The van der Waals surface area contributed by atoms with Crippen LogP contribution >= 0.6 is 0 Å². The SMILES string of the molecule is CCn1c(CN2CCCCC2C)nc2cc(S(=O)(=O)N(C)C)ccc21.